The van der Waals surface area contributed by atoms with Crippen LogP contribution in [0.25, 0.3) is 0 Å². The highest BCUT2D eigenvalue weighted by molar-refractivity contribution is 6.39. The van der Waals surface area contributed by atoms with Gasteiger partial charge in [0.15, 0.2) is 0 Å². The van der Waals surface area contributed by atoms with Crippen molar-refractivity contribution in [3.8, 4) is 0 Å². The summed E-state index contributed by atoms with van der Waals surface area (Å²) in [6, 6.07) is 12.6. The lowest BCUT2D eigenvalue weighted by atomic mass is 10.1. The zero-order valence-electron chi connectivity index (χ0n) is 12.4. The van der Waals surface area contributed by atoms with Gasteiger partial charge in [0.25, 0.3) is 0 Å². The minimum atomic E-state index is -0.841. The normalized spacial score (nSPS) is 10.2. The maximum atomic E-state index is 13.0. The van der Waals surface area contributed by atoms with Gasteiger partial charge in [0, 0.05) is 12.2 Å². The average molecular weight is 316 g/mol. The third-order valence-electron chi connectivity index (χ3n) is 3.19. The summed E-state index contributed by atoms with van der Waals surface area (Å²) in [5.74, 6) is -2.11. The molecule has 0 fully saturated rings. The highest BCUT2D eigenvalue weighted by Gasteiger charge is 2.13. The Kier molecular flexibility index (Phi) is 5.82. The number of anilines is 1. The topological polar surface area (TPSA) is 78.4 Å². The zero-order chi connectivity index (χ0) is 16.7. The molecule has 6 heteroatoms. The number of nitrogens with one attached hydrogen (secondary N) is 2. The van der Waals surface area contributed by atoms with Gasteiger partial charge < -0.3 is 15.7 Å². The van der Waals surface area contributed by atoms with Gasteiger partial charge in [0.2, 0.25) is 0 Å². The quantitative estimate of drug-likeness (QED) is 0.733. The third kappa shape index (κ3) is 5.19. The third-order valence-corrected chi connectivity index (χ3v) is 3.19. The standard InChI is InChI=1S/C17H17FN2O3/c18-14-2-1-3-15(10-14)20-17(23)16(22)19-9-8-12-4-6-13(11-21)7-5-12/h1-7,10,21H,8-9,11H2,(H,19,22)(H,20,23). The molecule has 0 unspecified atom stereocenters. The van der Waals surface area contributed by atoms with Crippen LogP contribution in [0.15, 0.2) is 48.5 Å². The van der Waals surface area contributed by atoms with Gasteiger partial charge in [-0.15, -0.1) is 0 Å². The van der Waals surface area contributed by atoms with Crippen LogP contribution in [0.5, 0.6) is 0 Å². The first-order valence-electron chi connectivity index (χ1n) is 7.12. The van der Waals surface area contributed by atoms with E-state index < -0.39 is 17.6 Å². The number of amides is 2. The second-order valence-electron chi connectivity index (χ2n) is 4.94. The average Bonchev–Trinajstić information content (AvgIpc) is 2.55. The molecule has 23 heavy (non-hydrogen) atoms. The Balaban J connectivity index is 1.78. The number of halogens is 1. The van der Waals surface area contributed by atoms with E-state index in [9.17, 15) is 14.0 Å². The molecule has 0 radical (unpaired) electrons. The number of benzene rings is 2. The van der Waals surface area contributed by atoms with Crippen LogP contribution in [0, 0.1) is 5.82 Å². The van der Waals surface area contributed by atoms with Crippen LogP contribution in [0.3, 0.4) is 0 Å². The van der Waals surface area contributed by atoms with Gasteiger partial charge in [-0.2, -0.15) is 0 Å². The number of carbonyl (C=O) groups excluding carboxylic acids is 2. The number of aliphatic hydroxyl groups excluding tert-OH is 1. The first-order chi connectivity index (χ1) is 11.1. The van der Waals surface area contributed by atoms with Crippen molar-refractivity contribution in [2.75, 3.05) is 11.9 Å². The summed E-state index contributed by atoms with van der Waals surface area (Å²) in [6.45, 7) is 0.283. The predicted molar refractivity (Wildman–Crippen MR) is 84.1 cm³/mol. The van der Waals surface area contributed by atoms with Crippen LogP contribution >= 0.6 is 0 Å². The van der Waals surface area contributed by atoms with Gasteiger partial charge >= 0.3 is 11.8 Å². The number of aliphatic hydroxyl groups is 1. The molecule has 2 aromatic carbocycles. The van der Waals surface area contributed by atoms with Crippen LogP contribution in [-0.2, 0) is 22.6 Å². The van der Waals surface area contributed by atoms with E-state index in [1.165, 1.54) is 18.2 Å². The second kappa shape index (κ2) is 8.05. The van der Waals surface area contributed by atoms with E-state index in [0.29, 0.717) is 13.0 Å². The van der Waals surface area contributed by atoms with Crippen LogP contribution in [0.1, 0.15) is 11.1 Å². The molecule has 0 atom stereocenters. The van der Waals surface area contributed by atoms with E-state index in [4.69, 9.17) is 5.11 Å². The zero-order valence-corrected chi connectivity index (χ0v) is 12.4. The minimum Gasteiger partial charge on any atom is -0.392 e. The highest BCUT2D eigenvalue weighted by Crippen LogP contribution is 2.08. The molecule has 0 aliphatic rings. The van der Waals surface area contributed by atoms with E-state index >= 15 is 0 Å². The van der Waals surface area contributed by atoms with Gasteiger partial charge in [-0.3, -0.25) is 9.59 Å². The van der Waals surface area contributed by atoms with Crippen molar-refractivity contribution >= 4 is 17.5 Å². The lowest BCUT2D eigenvalue weighted by Gasteiger charge is -2.07. The Morgan fingerprint density at radius 1 is 1.00 bits per heavy atom. The van der Waals surface area contributed by atoms with Crippen molar-refractivity contribution in [1.82, 2.24) is 5.32 Å². The largest absolute Gasteiger partial charge is 0.392 e. The number of carbonyl (C=O) groups is 2. The van der Waals surface area contributed by atoms with Crippen molar-refractivity contribution in [2.45, 2.75) is 13.0 Å². The molecule has 2 rings (SSSR count). The molecule has 0 saturated carbocycles. The SMILES string of the molecule is O=C(NCCc1ccc(CO)cc1)C(=O)Nc1cccc(F)c1. The van der Waals surface area contributed by atoms with E-state index in [1.54, 1.807) is 12.1 Å². The summed E-state index contributed by atoms with van der Waals surface area (Å²) in [7, 11) is 0. The van der Waals surface area contributed by atoms with Gasteiger partial charge in [-0.25, -0.2) is 4.39 Å². The number of rotatable bonds is 5. The Bertz CT molecular complexity index is 686. The van der Waals surface area contributed by atoms with Crippen LogP contribution in [0.4, 0.5) is 10.1 Å². The molecule has 0 spiro atoms. The minimum absolute atomic E-state index is 0.0166. The van der Waals surface area contributed by atoms with Crippen LogP contribution < -0.4 is 10.6 Å². The number of hydrogen-bond acceptors (Lipinski definition) is 3. The van der Waals surface area contributed by atoms with Crippen LogP contribution in [0.2, 0.25) is 0 Å². The summed E-state index contributed by atoms with van der Waals surface area (Å²) >= 11 is 0. The molecule has 0 aromatic heterocycles. The first kappa shape index (κ1) is 16.6. The molecular weight excluding hydrogens is 299 g/mol. The Hall–Kier alpha value is -2.73. The van der Waals surface area contributed by atoms with E-state index in [0.717, 1.165) is 17.2 Å². The fraction of sp³-hybridized carbons (Fsp3) is 0.176. The maximum Gasteiger partial charge on any atom is 0.313 e. The Morgan fingerprint density at radius 2 is 1.70 bits per heavy atom. The monoisotopic (exact) mass is 316 g/mol. The predicted octanol–water partition coefficient (Wildman–Crippen LogP) is 1.62. The van der Waals surface area contributed by atoms with Crippen molar-refractivity contribution in [3.63, 3.8) is 0 Å². The summed E-state index contributed by atoms with van der Waals surface area (Å²) in [5.41, 5.74) is 2.02. The van der Waals surface area contributed by atoms with E-state index in [2.05, 4.69) is 10.6 Å². The molecule has 5 nitrogen and oxygen atoms in total. The highest BCUT2D eigenvalue weighted by atomic mass is 19.1. The molecule has 3 N–H and O–H groups in total. The van der Waals surface area contributed by atoms with Gasteiger partial charge in [0.05, 0.1) is 6.61 Å². The molecule has 0 bridgehead atoms. The summed E-state index contributed by atoms with van der Waals surface area (Å²) in [5, 5.41) is 13.8. The number of hydrogen-bond donors (Lipinski definition) is 3. The fourth-order valence-corrected chi connectivity index (χ4v) is 1.97. The molecule has 0 aliphatic carbocycles. The molecule has 2 amide bonds. The Labute approximate surface area is 133 Å². The van der Waals surface area contributed by atoms with E-state index in [-0.39, 0.29) is 12.3 Å². The summed E-state index contributed by atoms with van der Waals surface area (Å²) < 4.78 is 13.0. The van der Waals surface area contributed by atoms with Gasteiger partial charge in [-0.05, 0) is 35.7 Å². The first-order valence-corrected chi connectivity index (χ1v) is 7.12. The Morgan fingerprint density at radius 3 is 2.35 bits per heavy atom. The van der Waals surface area contributed by atoms with Crippen LogP contribution in [-0.4, -0.2) is 23.5 Å². The van der Waals surface area contributed by atoms with Crippen molar-refractivity contribution in [2.24, 2.45) is 0 Å². The summed E-state index contributed by atoms with van der Waals surface area (Å²) in [6.07, 6.45) is 0.560. The molecular formula is C17H17FN2O3. The second-order valence-corrected chi connectivity index (χ2v) is 4.94. The maximum absolute atomic E-state index is 13.0. The fourth-order valence-electron chi connectivity index (χ4n) is 1.97. The van der Waals surface area contributed by atoms with Gasteiger partial charge in [0.1, 0.15) is 5.82 Å². The lowest BCUT2D eigenvalue weighted by Crippen LogP contribution is -2.36. The van der Waals surface area contributed by atoms with Gasteiger partial charge in [-0.1, -0.05) is 30.3 Å². The van der Waals surface area contributed by atoms with Crippen molar-refractivity contribution < 1.29 is 19.1 Å². The van der Waals surface area contributed by atoms with E-state index in [1.807, 2.05) is 12.1 Å². The molecule has 0 saturated heterocycles. The van der Waals surface area contributed by atoms with Crippen molar-refractivity contribution in [3.05, 3.63) is 65.5 Å². The molecule has 0 heterocycles. The summed E-state index contributed by atoms with van der Waals surface area (Å²) in [4.78, 5) is 23.3. The smallest absolute Gasteiger partial charge is 0.313 e. The molecule has 120 valence electrons. The molecule has 2 aromatic rings. The van der Waals surface area contributed by atoms with Crippen molar-refractivity contribution in [1.29, 1.82) is 0 Å². The molecule has 0 aliphatic heterocycles. The lowest BCUT2D eigenvalue weighted by molar-refractivity contribution is -0.136.